The van der Waals surface area contributed by atoms with E-state index in [2.05, 4.69) is 22.0 Å². The highest BCUT2D eigenvalue weighted by Crippen LogP contribution is 2.30. The number of halogens is 1. The molecule has 5 heteroatoms. The van der Waals surface area contributed by atoms with Crippen LogP contribution >= 0.6 is 11.6 Å². The maximum absolute atomic E-state index is 13.1. The van der Waals surface area contributed by atoms with Crippen LogP contribution in [0.4, 0.5) is 5.82 Å². The second-order valence-electron chi connectivity index (χ2n) is 7.27. The zero-order valence-corrected chi connectivity index (χ0v) is 17.0. The van der Waals surface area contributed by atoms with Gasteiger partial charge in [0.15, 0.2) is 0 Å². The number of pyridine rings is 1. The van der Waals surface area contributed by atoms with Crippen LogP contribution in [0.5, 0.6) is 0 Å². The molecule has 148 valence electrons. The highest BCUT2D eigenvalue weighted by Gasteiger charge is 2.25. The van der Waals surface area contributed by atoms with Crippen molar-refractivity contribution >= 4 is 23.3 Å². The van der Waals surface area contributed by atoms with Crippen molar-refractivity contribution in [2.24, 2.45) is 0 Å². The standard InChI is InChI=1S/C24H24ClN3O/c25-21-11-9-20(10-12-21)22(19-6-2-1-3-7-19)18-24(29)28-16-14-27(15-17-28)23-8-4-5-13-26-23/h1-13,22H,14-18H2. The van der Waals surface area contributed by atoms with Crippen molar-refractivity contribution in [1.82, 2.24) is 9.88 Å². The van der Waals surface area contributed by atoms with Crippen LogP contribution in [0.1, 0.15) is 23.5 Å². The predicted molar refractivity (Wildman–Crippen MR) is 117 cm³/mol. The molecule has 0 bridgehead atoms. The zero-order chi connectivity index (χ0) is 20.1. The van der Waals surface area contributed by atoms with Gasteiger partial charge in [-0.25, -0.2) is 4.98 Å². The van der Waals surface area contributed by atoms with E-state index in [4.69, 9.17) is 11.6 Å². The van der Waals surface area contributed by atoms with Crippen molar-refractivity contribution in [2.75, 3.05) is 31.1 Å². The second-order valence-corrected chi connectivity index (χ2v) is 7.71. The maximum Gasteiger partial charge on any atom is 0.223 e. The number of hydrogen-bond donors (Lipinski definition) is 0. The molecule has 2 aromatic carbocycles. The summed E-state index contributed by atoms with van der Waals surface area (Å²) in [6.07, 6.45) is 2.26. The number of amides is 1. The van der Waals surface area contributed by atoms with Gasteiger partial charge in [0.25, 0.3) is 0 Å². The molecule has 0 saturated carbocycles. The molecule has 1 amide bonds. The van der Waals surface area contributed by atoms with Crippen LogP contribution < -0.4 is 4.90 Å². The number of hydrogen-bond acceptors (Lipinski definition) is 3. The molecule has 1 aromatic heterocycles. The van der Waals surface area contributed by atoms with E-state index >= 15 is 0 Å². The molecule has 1 saturated heterocycles. The molecular weight excluding hydrogens is 382 g/mol. The molecule has 1 aliphatic heterocycles. The third-order valence-corrected chi connectivity index (χ3v) is 5.71. The van der Waals surface area contributed by atoms with E-state index in [1.54, 1.807) is 0 Å². The Morgan fingerprint density at radius 3 is 2.17 bits per heavy atom. The van der Waals surface area contributed by atoms with Gasteiger partial charge in [-0.2, -0.15) is 0 Å². The van der Waals surface area contributed by atoms with E-state index in [1.165, 1.54) is 0 Å². The molecule has 4 nitrogen and oxygen atoms in total. The Balaban J connectivity index is 1.45. The summed E-state index contributed by atoms with van der Waals surface area (Å²) in [7, 11) is 0. The molecule has 0 radical (unpaired) electrons. The smallest absolute Gasteiger partial charge is 0.223 e. The number of piperazine rings is 1. The first-order chi connectivity index (χ1) is 14.2. The summed E-state index contributed by atoms with van der Waals surface area (Å²) < 4.78 is 0. The van der Waals surface area contributed by atoms with E-state index in [9.17, 15) is 4.79 Å². The van der Waals surface area contributed by atoms with Crippen LogP contribution in [0, 0.1) is 0 Å². The Morgan fingerprint density at radius 1 is 0.862 bits per heavy atom. The molecular formula is C24H24ClN3O. The summed E-state index contributed by atoms with van der Waals surface area (Å²) in [6.45, 7) is 3.05. The first-order valence-electron chi connectivity index (χ1n) is 9.95. The fraction of sp³-hybridized carbons (Fsp3) is 0.250. The molecule has 2 heterocycles. The normalized spacial score (nSPS) is 15.2. The highest BCUT2D eigenvalue weighted by atomic mass is 35.5. The SMILES string of the molecule is O=C(CC(c1ccccc1)c1ccc(Cl)cc1)N1CCN(c2ccccn2)CC1. The third kappa shape index (κ3) is 4.77. The van der Waals surface area contributed by atoms with Crippen LogP contribution in [0.15, 0.2) is 79.0 Å². The number of rotatable bonds is 5. The van der Waals surface area contributed by atoms with Gasteiger partial charge in [0.2, 0.25) is 5.91 Å². The lowest BCUT2D eigenvalue weighted by molar-refractivity contribution is -0.131. The molecule has 0 N–H and O–H groups in total. The number of carbonyl (C=O) groups is 1. The average Bonchev–Trinajstić information content (AvgIpc) is 2.79. The highest BCUT2D eigenvalue weighted by molar-refractivity contribution is 6.30. The fourth-order valence-electron chi connectivity index (χ4n) is 3.84. The van der Waals surface area contributed by atoms with Gasteiger partial charge < -0.3 is 9.80 Å². The third-order valence-electron chi connectivity index (χ3n) is 5.46. The van der Waals surface area contributed by atoms with Gasteiger partial charge in [0, 0.05) is 49.7 Å². The first-order valence-corrected chi connectivity index (χ1v) is 10.3. The Labute approximate surface area is 176 Å². The summed E-state index contributed by atoms with van der Waals surface area (Å²) in [5.41, 5.74) is 2.26. The van der Waals surface area contributed by atoms with Gasteiger partial charge in [-0.05, 0) is 35.4 Å². The van der Waals surface area contributed by atoms with Crippen molar-refractivity contribution in [3.8, 4) is 0 Å². The molecule has 1 atom stereocenters. The van der Waals surface area contributed by atoms with Crippen LogP contribution in [0.3, 0.4) is 0 Å². The minimum atomic E-state index is 0.0230. The van der Waals surface area contributed by atoms with Gasteiger partial charge >= 0.3 is 0 Å². The quantitative estimate of drug-likeness (QED) is 0.622. The zero-order valence-electron chi connectivity index (χ0n) is 16.2. The van der Waals surface area contributed by atoms with Crippen molar-refractivity contribution in [3.05, 3.63) is 95.1 Å². The Morgan fingerprint density at radius 2 is 1.52 bits per heavy atom. The number of benzene rings is 2. The van der Waals surface area contributed by atoms with E-state index in [-0.39, 0.29) is 11.8 Å². The fourth-order valence-corrected chi connectivity index (χ4v) is 3.96. The van der Waals surface area contributed by atoms with Crippen LogP contribution in [-0.2, 0) is 4.79 Å². The lowest BCUT2D eigenvalue weighted by Crippen LogP contribution is -2.49. The molecule has 29 heavy (non-hydrogen) atoms. The van der Waals surface area contributed by atoms with Crippen LogP contribution in [0.25, 0.3) is 0 Å². The van der Waals surface area contributed by atoms with E-state index in [0.717, 1.165) is 43.1 Å². The summed E-state index contributed by atoms with van der Waals surface area (Å²) in [5.74, 6) is 1.19. The van der Waals surface area contributed by atoms with Gasteiger partial charge in [0.05, 0.1) is 0 Å². The van der Waals surface area contributed by atoms with Gasteiger partial charge in [-0.15, -0.1) is 0 Å². The lowest BCUT2D eigenvalue weighted by Gasteiger charge is -2.36. The van der Waals surface area contributed by atoms with Crippen LogP contribution in [-0.4, -0.2) is 42.0 Å². The monoisotopic (exact) mass is 405 g/mol. The summed E-state index contributed by atoms with van der Waals surface area (Å²) >= 11 is 6.07. The second kappa shape index (κ2) is 9.10. The topological polar surface area (TPSA) is 36.4 Å². The Kier molecular flexibility index (Phi) is 6.11. The van der Waals surface area contributed by atoms with Gasteiger partial charge in [0.1, 0.15) is 5.82 Å². The van der Waals surface area contributed by atoms with Crippen molar-refractivity contribution < 1.29 is 4.79 Å². The number of nitrogens with zero attached hydrogens (tertiary/aromatic N) is 3. The molecule has 4 rings (SSSR count). The van der Waals surface area contributed by atoms with Crippen LogP contribution in [0.2, 0.25) is 5.02 Å². The largest absolute Gasteiger partial charge is 0.353 e. The molecule has 0 aliphatic carbocycles. The van der Waals surface area contributed by atoms with Crippen molar-refractivity contribution in [1.29, 1.82) is 0 Å². The predicted octanol–water partition coefficient (Wildman–Crippen LogP) is 4.61. The summed E-state index contributed by atoms with van der Waals surface area (Å²) in [5, 5.41) is 0.706. The van der Waals surface area contributed by atoms with Gasteiger partial charge in [-0.3, -0.25) is 4.79 Å². The molecule has 1 unspecified atom stereocenters. The average molecular weight is 406 g/mol. The molecule has 1 aliphatic rings. The number of aromatic nitrogens is 1. The first kappa shape index (κ1) is 19.5. The molecule has 1 fully saturated rings. The molecule has 3 aromatic rings. The Bertz CT molecular complexity index is 923. The minimum absolute atomic E-state index is 0.0230. The number of carbonyl (C=O) groups excluding carboxylic acids is 1. The van der Waals surface area contributed by atoms with E-state index in [1.807, 2.05) is 71.8 Å². The lowest BCUT2D eigenvalue weighted by atomic mass is 9.88. The van der Waals surface area contributed by atoms with E-state index in [0.29, 0.717) is 11.4 Å². The Hall–Kier alpha value is -2.85. The minimum Gasteiger partial charge on any atom is -0.353 e. The van der Waals surface area contributed by atoms with Gasteiger partial charge in [-0.1, -0.05) is 60.1 Å². The number of anilines is 1. The summed E-state index contributed by atoms with van der Waals surface area (Å²) in [6, 6.07) is 24.0. The molecule has 0 spiro atoms. The van der Waals surface area contributed by atoms with E-state index < -0.39 is 0 Å². The maximum atomic E-state index is 13.1. The summed E-state index contributed by atoms with van der Waals surface area (Å²) in [4.78, 5) is 21.8. The van der Waals surface area contributed by atoms with Crippen molar-refractivity contribution in [3.63, 3.8) is 0 Å². The van der Waals surface area contributed by atoms with Crippen molar-refractivity contribution in [2.45, 2.75) is 12.3 Å².